The number of methoxy groups -OCH3 is 1. The fourth-order valence-corrected chi connectivity index (χ4v) is 3.98. The number of furan rings is 1. The van der Waals surface area contributed by atoms with Crippen molar-refractivity contribution in [2.24, 2.45) is 0 Å². The summed E-state index contributed by atoms with van der Waals surface area (Å²) < 4.78 is 18.4. The van der Waals surface area contributed by atoms with Crippen molar-refractivity contribution in [3.8, 4) is 11.6 Å². The van der Waals surface area contributed by atoms with Crippen molar-refractivity contribution in [2.45, 2.75) is 26.2 Å². The second-order valence-electron chi connectivity index (χ2n) is 7.36. The monoisotopic (exact) mass is 416 g/mol. The number of rotatable bonds is 5. The highest BCUT2D eigenvalue weighted by atomic mass is 16.5. The lowest BCUT2D eigenvalue weighted by Crippen LogP contribution is -2.21. The summed E-state index contributed by atoms with van der Waals surface area (Å²) in [6.07, 6.45) is 3.70. The number of carbonyl (C=O) groups excluding carboxylic acids is 1. The molecule has 0 spiro atoms. The number of hydrogen-bond donors (Lipinski definition) is 0. The first-order chi connectivity index (χ1) is 15.0. The summed E-state index contributed by atoms with van der Waals surface area (Å²) in [7, 11) is 1.64. The fraction of sp³-hybridized carbons (Fsp3) is 0.217. The van der Waals surface area contributed by atoms with Crippen LogP contribution in [0.4, 0.5) is 0 Å². The van der Waals surface area contributed by atoms with E-state index in [4.69, 9.17) is 18.9 Å². The van der Waals surface area contributed by atoms with Gasteiger partial charge in [-0.2, -0.15) is 0 Å². The Morgan fingerprint density at radius 1 is 1.23 bits per heavy atom. The Morgan fingerprint density at radius 2 is 2.03 bits per heavy atom. The molecule has 31 heavy (non-hydrogen) atoms. The molecule has 1 aliphatic heterocycles. The van der Waals surface area contributed by atoms with Crippen LogP contribution in [0.25, 0.3) is 5.65 Å². The number of hydrogen-bond acceptors (Lipinski definition) is 7. The predicted octanol–water partition coefficient (Wildman–Crippen LogP) is 3.70. The maximum absolute atomic E-state index is 12.5. The topological polar surface area (TPSA) is 91.8 Å². The van der Waals surface area contributed by atoms with Gasteiger partial charge in [-0.25, -0.2) is 14.5 Å². The average Bonchev–Trinajstić information content (AvgIpc) is 3.42. The molecule has 0 amide bonds. The number of allylic oxidation sites excluding steroid dienone is 2. The Labute approximate surface area is 178 Å². The lowest BCUT2D eigenvalue weighted by Gasteiger charge is -2.26. The molecule has 8 nitrogen and oxygen atoms in total. The largest absolute Gasteiger partial charge is 0.497 e. The van der Waals surface area contributed by atoms with Gasteiger partial charge in [0.2, 0.25) is 5.88 Å². The Balaban J connectivity index is 1.63. The highest BCUT2D eigenvalue weighted by Crippen LogP contribution is 2.44. The second kappa shape index (κ2) is 7.39. The molecule has 1 aliphatic rings. The molecule has 0 fully saturated rings. The van der Waals surface area contributed by atoms with Crippen LogP contribution in [0, 0.1) is 0 Å². The number of ether oxygens (including phenoxy) is 2. The zero-order valence-electron chi connectivity index (χ0n) is 17.3. The average molecular weight is 416 g/mol. The van der Waals surface area contributed by atoms with Crippen molar-refractivity contribution >= 4 is 11.4 Å². The Morgan fingerprint density at radius 3 is 2.71 bits per heavy atom. The second-order valence-corrected chi connectivity index (χ2v) is 7.36. The molecule has 3 aromatic heterocycles. The summed E-state index contributed by atoms with van der Waals surface area (Å²) in [6.45, 7) is 3.29. The van der Waals surface area contributed by atoms with Gasteiger partial charge in [-0.15, -0.1) is 5.10 Å². The number of nitrogens with zero attached hydrogens (tertiary/aromatic N) is 4. The summed E-state index contributed by atoms with van der Waals surface area (Å²) in [5, 5.41) is 4.59. The van der Waals surface area contributed by atoms with Gasteiger partial charge in [0.05, 0.1) is 24.9 Å². The van der Waals surface area contributed by atoms with Crippen LogP contribution in [0.2, 0.25) is 0 Å². The van der Waals surface area contributed by atoms with Gasteiger partial charge in [-0.3, -0.25) is 4.79 Å². The molecule has 0 N–H and O–H groups in total. The number of fused-ring (bicyclic) bond motifs is 3. The molecule has 5 rings (SSSR count). The molecular formula is C23H20N4O4. The highest BCUT2D eigenvalue weighted by molar-refractivity contribution is 5.97. The maximum atomic E-state index is 12.5. The SMILES string of the molecule is COc1ccc(Cc2nc3c4c(ncn3n2)OC(C)=C(C(C)=O)C4c2ccco2)cc1. The first-order valence-electron chi connectivity index (χ1n) is 9.85. The quantitative estimate of drug-likeness (QED) is 0.490. The summed E-state index contributed by atoms with van der Waals surface area (Å²) in [5.74, 6) is 2.41. The van der Waals surface area contributed by atoms with Crippen LogP contribution in [-0.2, 0) is 11.2 Å². The third-order valence-corrected chi connectivity index (χ3v) is 5.37. The molecule has 4 heterocycles. The van der Waals surface area contributed by atoms with Crippen molar-refractivity contribution in [1.82, 2.24) is 19.6 Å². The molecule has 1 aromatic carbocycles. The molecular weight excluding hydrogens is 396 g/mol. The number of Topliss-reactive ketones (excluding diaryl/α,β-unsaturated/α-hetero) is 1. The van der Waals surface area contributed by atoms with E-state index in [9.17, 15) is 4.79 Å². The van der Waals surface area contributed by atoms with E-state index in [0.717, 1.165) is 11.3 Å². The third-order valence-electron chi connectivity index (χ3n) is 5.37. The van der Waals surface area contributed by atoms with Gasteiger partial charge in [0, 0.05) is 12.0 Å². The van der Waals surface area contributed by atoms with Crippen molar-refractivity contribution < 1.29 is 18.7 Å². The minimum Gasteiger partial charge on any atom is -0.497 e. The van der Waals surface area contributed by atoms with Gasteiger partial charge in [0.1, 0.15) is 23.6 Å². The Hall–Kier alpha value is -3.94. The Bertz CT molecular complexity index is 1300. The summed E-state index contributed by atoms with van der Waals surface area (Å²) in [4.78, 5) is 21.7. The molecule has 8 heteroatoms. The predicted molar refractivity (Wildman–Crippen MR) is 111 cm³/mol. The summed E-state index contributed by atoms with van der Waals surface area (Å²) in [5.41, 5.74) is 2.83. The molecule has 1 unspecified atom stereocenters. The standard InChI is InChI=1S/C23H20N4O4/c1-13(28)19-14(2)31-23-21(20(19)17-5-4-10-30-17)22-25-18(26-27(22)12-24-23)11-15-6-8-16(29-3)9-7-15/h4-10,12,20H,11H2,1-3H3. The summed E-state index contributed by atoms with van der Waals surface area (Å²) in [6, 6.07) is 11.4. The first-order valence-corrected chi connectivity index (χ1v) is 9.85. The number of benzene rings is 1. The van der Waals surface area contributed by atoms with E-state index < -0.39 is 5.92 Å². The first kappa shape index (κ1) is 19.0. The summed E-state index contributed by atoms with van der Waals surface area (Å²) >= 11 is 0. The van der Waals surface area contributed by atoms with Crippen LogP contribution >= 0.6 is 0 Å². The van der Waals surface area contributed by atoms with Gasteiger partial charge in [-0.1, -0.05) is 12.1 Å². The van der Waals surface area contributed by atoms with Crippen molar-refractivity contribution in [3.63, 3.8) is 0 Å². The van der Waals surface area contributed by atoms with Crippen molar-refractivity contribution in [3.05, 3.63) is 83.0 Å². The van der Waals surface area contributed by atoms with Gasteiger partial charge in [-0.05, 0) is 43.7 Å². The van der Waals surface area contributed by atoms with Crippen LogP contribution in [0.3, 0.4) is 0 Å². The number of aromatic nitrogens is 4. The smallest absolute Gasteiger partial charge is 0.228 e. The third kappa shape index (κ3) is 3.26. The van der Waals surface area contributed by atoms with Crippen LogP contribution < -0.4 is 9.47 Å². The molecule has 4 aromatic rings. The van der Waals surface area contributed by atoms with Gasteiger partial charge < -0.3 is 13.9 Å². The van der Waals surface area contributed by atoms with E-state index in [1.165, 1.54) is 6.92 Å². The number of carbonyl (C=O) groups is 1. The molecule has 0 aliphatic carbocycles. The van der Waals surface area contributed by atoms with E-state index in [1.54, 1.807) is 37.2 Å². The fourth-order valence-electron chi connectivity index (χ4n) is 3.98. The minimum atomic E-state index is -0.467. The minimum absolute atomic E-state index is 0.0930. The van der Waals surface area contributed by atoms with Crippen LogP contribution in [0.15, 0.2) is 64.7 Å². The van der Waals surface area contributed by atoms with Crippen LogP contribution in [-0.4, -0.2) is 32.5 Å². The van der Waals surface area contributed by atoms with Crippen LogP contribution in [0.5, 0.6) is 11.6 Å². The van der Waals surface area contributed by atoms with Gasteiger partial charge >= 0.3 is 0 Å². The zero-order valence-corrected chi connectivity index (χ0v) is 17.3. The highest BCUT2D eigenvalue weighted by Gasteiger charge is 2.37. The molecule has 0 bridgehead atoms. The van der Waals surface area contributed by atoms with E-state index >= 15 is 0 Å². The molecule has 1 atom stereocenters. The van der Waals surface area contributed by atoms with Gasteiger partial charge in [0.25, 0.3) is 0 Å². The van der Waals surface area contributed by atoms with E-state index in [2.05, 4.69) is 10.1 Å². The molecule has 0 saturated carbocycles. The van der Waals surface area contributed by atoms with Crippen molar-refractivity contribution in [2.75, 3.05) is 7.11 Å². The molecule has 0 saturated heterocycles. The molecule has 156 valence electrons. The van der Waals surface area contributed by atoms with Crippen molar-refractivity contribution in [1.29, 1.82) is 0 Å². The lowest BCUT2D eigenvalue weighted by atomic mass is 9.85. The maximum Gasteiger partial charge on any atom is 0.228 e. The lowest BCUT2D eigenvalue weighted by molar-refractivity contribution is -0.114. The van der Waals surface area contributed by atoms with E-state index in [-0.39, 0.29) is 5.78 Å². The van der Waals surface area contributed by atoms with E-state index in [0.29, 0.717) is 46.4 Å². The Kier molecular flexibility index (Phi) is 4.54. The normalized spacial score (nSPS) is 15.6. The molecule has 0 radical (unpaired) electrons. The number of ketones is 1. The van der Waals surface area contributed by atoms with E-state index in [1.807, 2.05) is 30.3 Å². The zero-order chi connectivity index (χ0) is 21.5. The van der Waals surface area contributed by atoms with Gasteiger partial charge in [0.15, 0.2) is 17.3 Å². The van der Waals surface area contributed by atoms with Crippen LogP contribution in [0.1, 0.15) is 42.5 Å².